The minimum atomic E-state index is -0.166. The Morgan fingerprint density at radius 2 is 2.11 bits per heavy atom. The number of anilines is 1. The number of para-hydroxylation sites is 1. The van der Waals surface area contributed by atoms with Crippen LogP contribution in [0.2, 0.25) is 4.34 Å². The molecule has 27 heavy (non-hydrogen) atoms. The van der Waals surface area contributed by atoms with Crippen LogP contribution in [0.1, 0.15) is 22.4 Å². The standard InChI is InChI=1S/C19H15ClN2O3S2/c1-2-24-13-6-3-7-14-17(13)21-19(27-14)22(11-12-5-4-10-25-12)18(23)15-8-9-16(20)26-15/h3-10H,2,11H2,1H3. The Morgan fingerprint density at radius 3 is 2.81 bits per heavy atom. The molecule has 0 aliphatic heterocycles. The fourth-order valence-electron chi connectivity index (χ4n) is 2.65. The van der Waals surface area contributed by atoms with Crippen LogP contribution < -0.4 is 9.64 Å². The van der Waals surface area contributed by atoms with Gasteiger partial charge in [-0.25, -0.2) is 4.98 Å². The van der Waals surface area contributed by atoms with Crippen LogP contribution in [0.25, 0.3) is 10.2 Å². The predicted octanol–water partition coefficient (Wildman–Crippen LogP) is 5.85. The molecule has 8 heteroatoms. The first kappa shape index (κ1) is 18.0. The monoisotopic (exact) mass is 418 g/mol. The number of halogens is 1. The maximum atomic E-state index is 13.1. The van der Waals surface area contributed by atoms with E-state index in [1.807, 2.05) is 31.2 Å². The lowest BCUT2D eigenvalue weighted by atomic mass is 10.3. The van der Waals surface area contributed by atoms with E-state index in [0.29, 0.717) is 32.5 Å². The smallest absolute Gasteiger partial charge is 0.270 e. The van der Waals surface area contributed by atoms with Crippen LogP contribution in [-0.2, 0) is 6.54 Å². The van der Waals surface area contributed by atoms with Gasteiger partial charge in [0.25, 0.3) is 5.91 Å². The Kier molecular flexibility index (Phi) is 5.15. The molecule has 4 aromatic rings. The third-order valence-electron chi connectivity index (χ3n) is 3.82. The third-order valence-corrected chi connectivity index (χ3v) is 6.09. The summed E-state index contributed by atoms with van der Waals surface area (Å²) in [5.41, 5.74) is 0.751. The van der Waals surface area contributed by atoms with Crippen molar-refractivity contribution in [3.63, 3.8) is 0 Å². The molecule has 0 N–H and O–H groups in total. The first-order valence-corrected chi connectivity index (χ1v) is 10.3. The highest BCUT2D eigenvalue weighted by Gasteiger charge is 2.24. The topological polar surface area (TPSA) is 55.6 Å². The largest absolute Gasteiger partial charge is 0.492 e. The van der Waals surface area contributed by atoms with Gasteiger partial charge in [0.15, 0.2) is 5.13 Å². The van der Waals surface area contributed by atoms with E-state index in [1.165, 1.54) is 22.7 Å². The van der Waals surface area contributed by atoms with Crippen LogP contribution in [0.15, 0.2) is 53.1 Å². The van der Waals surface area contributed by atoms with E-state index < -0.39 is 0 Å². The molecule has 138 valence electrons. The summed E-state index contributed by atoms with van der Waals surface area (Å²) in [4.78, 5) is 20.0. The highest BCUT2D eigenvalue weighted by atomic mass is 35.5. The number of hydrogen-bond acceptors (Lipinski definition) is 6. The van der Waals surface area contributed by atoms with Crippen LogP contribution in [-0.4, -0.2) is 17.5 Å². The number of ether oxygens (including phenoxy) is 1. The molecule has 0 unspecified atom stereocenters. The first-order chi connectivity index (χ1) is 13.2. The lowest BCUT2D eigenvalue weighted by Crippen LogP contribution is -2.29. The van der Waals surface area contributed by atoms with E-state index in [-0.39, 0.29) is 12.5 Å². The molecule has 0 fully saturated rings. The van der Waals surface area contributed by atoms with Crippen LogP contribution in [0.3, 0.4) is 0 Å². The minimum absolute atomic E-state index is 0.166. The third kappa shape index (κ3) is 3.71. The van der Waals surface area contributed by atoms with Crippen molar-refractivity contribution in [3.05, 3.63) is 63.7 Å². The fourth-order valence-corrected chi connectivity index (χ4v) is 4.62. The molecule has 0 saturated heterocycles. The number of amides is 1. The number of fused-ring (bicyclic) bond motifs is 1. The number of nitrogens with zero attached hydrogens (tertiary/aromatic N) is 2. The van der Waals surface area contributed by atoms with Crippen LogP contribution in [0.5, 0.6) is 5.75 Å². The molecule has 0 radical (unpaired) electrons. The Hall–Kier alpha value is -2.35. The molecule has 3 aromatic heterocycles. The molecule has 0 aliphatic carbocycles. The second-order valence-electron chi connectivity index (χ2n) is 5.61. The van der Waals surface area contributed by atoms with Gasteiger partial charge in [-0.3, -0.25) is 9.69 Å². The van der Waals surface area contributed by atoms with Gasteiger partial charge < -0.3 is 9.15 Å². The van der Waals surface area contributed by atoms with E-state index in [2.05, 4.69) is 0 Å². The maximum Gasteiger partial charge on any atom is 0.270 e. The number of thiophene rings is 1. The highest BCUT2D eigenvalue weighted by molar-refractivity contribution is 7.22. The van der Waals surface area contributed by atoms with Crippen molar-refractivity contribution < 1.29 is 13.9 Å². The number of hydrogen-bond donors (Lipinski definition) is 0. The summed E-state index contributed by atoms with van der Waals surface area (Å²) in [5, 5.41) is 0.586. The number of thiazole rings is 1. The van der Waals surface area contributed by atoms with Crippen molar-refractivity contribution in [1.29, 1.82) is 0 Å². The van der Waals surface area contributed by atoms with Crippen molar-refractivity contribution in [3.8, 4) is 5.75 Å². The average Bonchev–Trinajstić information content (AvgIpc) is 3.40. The summed E-state index contributed by atoms with van der Waals surface area (Å²) in [6.07, 6.45) is 1.59. The van der Waals surface area contributed by atoms with Crippen molar-refractivity contribution in [2.75, 3.05) is 11.5 Å². The van der Waals surface area contributed by atoms with Crippen LogP contribution >= 0.6 is 34.3 Å². The van der Waals surface area contributed by atoms with Crippen molar-refractivity contribution in [2.45, 2.75) is 13.5 Å². The second-order valence-corrected chi connectivity index (χ2v) is 8.33. The van der Waals surface area contributed by atoms with Crippen molar-refractivity contribution in [2.24, 2.45) is 0 Å². The molecule has 1 amide bonds. The van der Waals surface area contributed by atoms with Gasteiger partial charge in [-0.2, -0.15) is 0 Å². The quantitative estimate of drug-likeness (QED) is 0.394. The molecule has 0 atom stereocenters. The van der Waals surface area contributed by atoms with Gasteiger partial charge >= 0.3 is 0 Å². The Balaban J connectivity index is 1.77. The van der Waals surface area contributed by atoms with E-state index in [1.54, 1.807) is 29.4 Å². The molecule has 3 heterocycles. The molecular formula is C19H15ClN2O3S2. The van der Waals surface area contributed by atoms with E-state index in [9.17, 15) is 4.79 Å². The lowest BCUT2D eigenvalue weighted by molar-refractivity contribution is 0.0987. The minimum Gasteiger partial charge on any atom is -0.492 e. The molecule has 0 saturated carbocycles. The normalized spacial score (nSPS) is 11.0. The van der Waals surface area contributed by atoms with Crippen molar-refractivity contribution in [1.82, 2.24) is 4.98 Å². The SMILES string of the molecule is CCOc1cccc2sc(N(Cc3ccco3)C(=O)c3ccc(Cl)s3)nc12. The molecular weight excluding hydrogens is 404 g/mol. The zero-order valence-corrected chi connectivity index (χ0v) is 16.7. The number of benzene rings is 1. The van der Waals surface area contributed by atoms with Crippen molar-refractivity contribution >= 4 is 55.5 Å². The summed E-state index contributed by atoms with van der Waals surface area (Å²) in [6, 6.07) is 12.8. The molecule has 4 rings (SSSR count). The summed E-state index contributed by atoms with van der Waals surface area (Å²) in [5.74, 6) is 1.22. The van der Waals surface area contributed by atoms with E-state index in [4.69, 9.17) is 25.7 Å². The van der Waals surface area contributed by atoms with Gasteiger partial charge in [-0.1, -0.05) is 29.0 Å². The predicted molar refractivity (Wildman–Crippen MR) is 109 cm³/mol. The summed E-state index contributed by atoms with van der Waals surface area (Å²) < 4.78 is 12.6. The van der Waals surface area contributed by atoms with Crippen LogP contribution in [0.4, 0.5) is 5.13 Å². The first-order valence-electron chi connectivity index (χ1n) is 8.27. The summed E-state index contributed by atoms with van der Waals surface area (Å²) in [6.45, 7) is 2.76. The van der Waals surface area contributed by atoms with E-state index >= 15 is 0 Å². The number of carbonyl (C=O) groups is 1. The molecule has 0 spiro atoms. The zero-order valence-electron chi connectivity index (χ0n) is 14.3. The number of aromatic nitrogens is 1. The highest BCUT2D eigenvalue weighted by Crippen LogP contribution is 2.36. The number of furan rings is 1. The zero-order chi connectivity index (χ0) is 18.8. The Bertz CT molecular complexity index is 1070. The summed E-state index contributed by atoms with van der Waals surface area (Å²) in [7, 11) is 0. The molecule has 5 nitrogen and oxygen atoms in total. The summed E-state index contributed by atoms with van der Waals surface area (Å²) >= 11 is 8.70. The van der Waals surface area contributed by atoms with Gasteiger partial charge in [-0.15, -0.1) is 11.3 Å². The Labute approximate surface area is 168 Å². The maximum absolute atomic E-state index is 13.1. The van der Waals surface area contributed by atoms with Gasteiger partial charge in [0.1, 0.15) is 17.0 Å². The van der Waals surface area contributed by atoms with Gasteiger partial charge in [0, 0.05) is 0 Å². The van der Waals surface area contributed by atoms with Crippen LogP contribution in [0, 0.1) is 0 Å². The lowest BCUT2D eigenvalue weighted by Gasteiger charge is -2.17. The van der Waals surface area contributed by atoms with Gasteiger partial charge in [0.05, 0.1) is 33.3 Å². The molecule has 1 aromatic carbocycles. The van der Waals surface area contributed by atoms with Gasteiger partial charge in [-0.05, 0) is 43.3 Å². The molecule has 0 bridgehead atoms. The van der Waals surface area contributed by atoms with E-state index in [0.717, 1.165) is 10.2 Å². The second kappa shape index (κ2) is 7.72. The average molecular weight is 419 g/mol. The fraction of sp³-hybridized carbons (Fsp3) is 0.158. The number of carbonyl (C=O) groups excluding carboxylic acids is 1. The molecule has 0 aliphatic rings. The van der Waals surface area contributed by atoms with Gasteiger partial charge in [0.2, 0.25) is 0 Å². The Morgan fingerprint density at radius 1 is 1.22 bits per heavy atom. The number of rotatable bonds is 6.